The summed E-state index contributed by atoms with van der Waals surface area (Å²) < 4.78 is 48.1. The highest BCUT2D eigenvalue weighted by Crippen LogP contribution is 2.31. The lowest BCUT2D eigenvalue weighted by atomic mass is 10.1. The van der Waals surface area contributed by atoms with Crippen LogP contribution in [0, 0.1) is 5.82 Å². The number of carbonyl (C=O) groups excluding carboxylic acids is 1. The van der Waals surface area contributed by atoms with Gasteiger partial charge in [-0.3, -0.25) is 0 Å². The molecule has 0 saturated carbocycles. The molecule has 37 heavy (non-hydrogen) atoms. The van der Waals surface area contributed by atoms with E-state index in [1.54, 1.807) is 24.3 Å². The number of amides is 2. The Morgan fingerprint density at radius 1 is 1.16 bits per heavy atom. The first-order chi connectivity index (χ1) is 17.6. The molecule has 10 nitrogen and oxygen atoms in total. The molecule has 12 heteroatoms. The molecule has 2 N–H and O–H groups in total. The number of hydrogen-bond acceptors (Lipinski definition) is 8. The molecule has 1 aliphatic heterocycles. The van der Waals surface area contributed by atoms with E-state index in [4.69, 9.17) is 14.5 Å². The van der Waals surface area contributed by atoms with Crippen molar-refractivity contribution in [2.24, 2.45) is 0 Å². The van der Waals surface area contributed by atoms with Crippen molar-refractivity contribution in [3.05, 3.63) is 60.0 Å². The lowest BCUT2D eigenvalue weighted by Crippen LogP contribution is -2.44. The minimum atomic E-state index is -3.33. The highest BCUT2D eigenvalue weighted by molar-refractivity contribution is 7.89. The van der Waals surface area contributed by atoms with Gasteiger partial charge in [0.1, 0.15) is 17.4 Å². The summed E-state index contributed by atoms with van der Waals surface area (Å²) in [6.45, 7) is 3.71. The van der Waals surface area contributed by atoms with Crippen LogP contribution in [0.25, 0.3) is 11.4 Å². The van der Waals surface area contributed by atoms with E-state index in [-0.39, 0.29) is 11.8 Å². The molecular formula is C25H28FN5O5S. The Kier molecular flexibility index (Phi) is 7.89. The molecular weight excluding hydrogens is 501 g/mol. The molecule has 4 rings (SSSR count). The summed E-state index contributed by atoms with van der Waals surface area (Å²) in [5, 5.41) is 5.33. The average Bonchev–Trinajstić information content (AvgIpc) is 2.84. The van der Waals surface area contributed by atoms with Gasteiger partial charge in [0, 0.05) is 30.1 Å². The number of ether oxygens (including phenoxy) is 2. The lowest BCUT2D eigenvalue weighted by Gasteiger charge is -2.34. The number of benzene rings is 2. The number of nitrogens with one attached hydrogen (secondary N) is 2. The molecule has 0 unspecified atom stereocenters. The van der Waals surface area contributed by atoms with Crippen LogP contribution in [0.4, 0.5) is 26.4 Å². The number of anilines is 3. The average molecular weight is 530 g/mol. The zero-order valence-corrected chi connectivity index (χ0v) is 21.5. The van der Waals surface area contributed by atoms with Crippen molar-refractivity contribution in [1.82, 2.24) is 9.97 Å². The van der Waals surface area contributed by atoms with E-state index >= 15 is 0 Å². The molecule has 1 aliphatic rings. The number of urea groups is 1. The van der Waals surface area contributed by atoms with E-state index in [1.807, 2.05) is 6.92 Å². The maximum Gasteiger partial charge on any atom is 0.323 e. The van der Waals surface area contributed by atoms with Crippen molar-refractivity contribution in [2.75, 3.05) is 48.7 Å². The topological polar surface area (TPSA) is 123 Å². The minimum Gasteiger partial charge on any atom is -0.495 e. The van der Waals surface area contributed by atoms with E-state index in [9.17, 15) is 17.6 Å². The largest absolute Gasteiger partial charge is 0.495 e. The van der Waals surface area contributed by atoms with Crippen molar-refractivity contribution < 1.29 is 27.1 Å². The summed E-state index contributed by atoms with van der Waals surface area (Å²) in [5.41, 5.74) is 1.77. The van der Waals surface area contributed by atoms with Gasteiger partial charge in [-0.25, -0.2) is 27.6 Å². The number of hydrogen-bond donors (Lipinski definition) is 2. The van der Waals surface area contributed by atoms with Gasteiger partial charge in [0.05, 0.1) is 43.5 Å². The Bertz CT molecular complexity index is 1380. The first-order valence-electron chi connectivity index (χ1n) is 11.5. The maximum atomic E-state index is 13.1. The van der Waals surface area contributed by atoms with E-state index in [1.165, 1.54) is 31.4 Å². The van der Waals surface area contributed by atoms with Gasteiger partial charge >= 0.3 is 6.03 Å². The summed E-state index contributed by atoms with van der Waals surface area (Å²) in [7, 11) is -1.87. The normalized spacial score (nSPS) is 15.8. The quantitative estimate of drug-likeness (QED) is 0.475. The van der Waals surface area contributed by atoms with Crippen LogP contribution in [-0.2, 0) is 20.3 Å². The summed E-state index contributed by atoms with van der Waals surface area (Å²) in [4.78, 5) is 23.7. The van der Waals surface area contributed by atoms with Gasteiger partial charge in [-0.05, 0) is 49.4 Å². The second-order valence-electron chi connectivity index (χ2n) is 8.73. The van der Waals surface area contributed by atoms with E-state index in [0.717, 1.165) is 6.26 Å². The van der Waals surface area contributed by atoms with Gasteiger partial charge in [0.2, 0.25) is 0 Å². The van der Waals surface area contributed by atoms with Crippen LogP contribution in [-0.4, -0.2) is 63.6 Å². The Balaban J connectivity index is 1.63. The molecule has 1 saturated heterocycles. The molecule has 0 bridgehead atoms. The zero-order chi connectivity index (χ0) is 26.6. The molecule has 1 atom stereocenters. The van der Waals surface area contributed by atoms with E-state index in [2.05, 4.69) is 20.5 Å². The van der Waals surface area contributed by atoms with Crippen molar-refractivity contribution in [1.29, 1.82) is 0 Å². The highest BCUT2D eigenvalue weighted by atomic mass is 32.2. The molecule has 196 valence electrons. The van der Waals surface area contributed by atoms with Gasteiger partial charge in [0.15, 0.2) is 15.7 Å². The summed E-state index contributed by atoms with van der Waals surface area (Å²) >= 11 is 0. The van der Waals surface area contributed by atoms with Crippen LogP contribution in [0.3, 0.4) is 0 Å². The number of carbonyl (C=O) groups is 1. The van der Waals surface area contributed by atoms with Crippen molar-refractivity contribution in [3.8, 4) is 17.1 Å². The Morgan fingerprint density at radius 2 is 1.92 bits per heavy atom. The summed E-state index contributed by atoms with van der Waals surface area (Å²) in [5.74, 6) is 0.659. The number of sulfone groups is 1. The standard InChI is InChI=1S/C25H28FN5O5S/c1-16-14-36-11-10-31(16)23-13-20(15-37(3,33)34)27-24(30-23)17-4-9-21(22(12-17)35-2)29-25(32)28-19-7-5-18(26)6-8-19/h4-9,12-13,16H,10-11,14-15H2,1-3H3,(H2,28,29,32)/t16-/m0/s1. The van der Waals surface area contributed by atoms with Crippen molar-refractivity contribution in [3.63, 3.8) is 0 Å². The number of morpholine rings is 1. The number of aromatic nitrogens is 2. The number of rotatable bonds is 7. The van der Waals surface area contributed by atoms with Crippen LogP contribution < -0.4 is 20.3 Å². The predicted molar refractivity (Wildman–Crippen MR) is 139 cm³/mol. The Hall–Kier alpha value is -3.77. The van der Waals surface area contributed by atoms with Crippen molar-refractivity contribution in [2.45, 2.75) is 18.7 Å². The zero-order valence-electron chi connectivity index (χ0n) is 20.7. The van der Waals surface area contributed by atoms with Gasteiger partial charge in [-0.2, -0.15) is 0 Å². The Labute approximate surface area is 214 Å². The van der Waals surface area contributed by atoms with Gasteiger partial charge in [-0.1, -0.05) is 0 Å². The van der Waals surface area contributed by atoms with Crippen LogP contribution in [0.15, 0.2) is 48.5 Å². The SMILES string of the molecule is COc1cc(-c2nc(CS(C)(=O)=O)cc(N3CCOC[C@@H]3C)n2)ccc1NC(=O)Nc1ccc(F)cc1. The van der Waals surface area contributed by atoms with Gasteiger partial charge < -0.3 is 25.0 Å². The monoisotopic (exact) mass is 529 g/mol. The number of methoxy groups -OCH3 is 1. The van der Waals surface area contributed by atoms with Crippen molar-refractivity contribution >= 4 is 33.1 Å². The van der Waals surface area contributed by atoms with Gasteiger partial charge in [-0.15, -0.1) is 0 Å². The maximum absolute atomic E-state index is 13.1. The fraction of sp³-hybridized carbons (Fsp3) is 0.320. The second-order valence-corrected chi connectivity index (χ2v) is 10.9. The van der Waals surface area contributed by atoms with Crippen LogP contribution in [0.1, 0.15) is 12.6 Å². The fourth-order valence-corrected chi connectivity index (χ4v) is 4.61. The molecule has 0 radical (unpaired) electrons. The molecule has 2 aromatic carbocycles. The van der Waals surface area contributed by atoms with Crippen LogP contribution >= 0.6 is 0 Å². The molecule has 2 amide bonds. The second kappa shape index (κ2) is 11.1. The molecule has 1 fully saturated rings. The third kappa shape index (κ3) is 6.92. The summed E-state index contributed by atoms with van der Waals surface area (Å²) in [6.07, 6.45) is 1.16. The molecule has 0 aliphatic carbocycles. The highest BCUT2D eigenvalue weighted by Gasteiger charge is 2.23. The molecule has 1 aromatic heterocycles. The molecule has 3 aromatic rings. The predicted octanol–water partition coefficient (Wildman–Crippen LogP) is 3.71. The number of nitrogens with zero attached hydrogens (tertiary/aromatic N) is 3. The fourth-order valence-electron chi connectivity index (χ4n) is 3.92. The summed E-state index contributed by atoms with van der Waals surface area (Å²) in [6, 6.07) is 11.6. The van der Waals surface area contributed by atoms with Crippen LogP contribution in [0.2, 0.25) is 0 Å². The third-order valence-corrected chi connectivity index (χ3v) is 6.47. The van der Waals surface area contributed by atoms with E-state index < -0.39 is 21.7 Å². The van der Waals surface area contributed by atoms with Gasteiger partial charge in [0.25, 0.3) is 0 Å². The first kappa shape index (κ1) is 26.3. The lowest BCUT2D eigenvalue weighted by molar-refractivity contribution is 0.0985. The number of halogens is 1. The smallest absolute Gasteiger partial charge is 0.323 e. The third-order valence-electron chi connectivity index (χ3n) is 5.65. The van der Waals surface area contributed by atoms with E-state index in [0.29, 0.717) is 59.8 Å². The Morgan fingerprint density at radius 3 is 2.59 bits per heavy atom. The minimum absolute atomic E-state index is 0.0586. The molecule has 2 heterocycles. The molecule has 0 spiro atoms. The van der Waals surface area contributed by atoms with Crippen LogP contribution in [0.5, 0.6) is 5.75 Å². The first-order valence-corrected chi connectivity index (χ1v) is 13.6.